The highest BCUT2D eigenvalue weighted by Crippen LogP contribution is 2.15. The van der Waals surface area contributed by atoms with Gasteiger partial charge in [-0.05, 0) is 24.6 Å². The predicted molar refractivity (Wildman–Crippen MR) is 69.1 cm³/mol. The van der Waals surface area contributed by atoms with Gasteiger partial charge in [0.25, 0.3) is 5.91 Å². The summed E-state index contributed by atoms with van der Waals surface area (Å²) in [5, 5.41) is 13.9. The summed E-state index contributed by atoms with van der Waals surface area (Å²) < 4.78 is 13.6. The number of carbonyl (C=O) groups excluding carboxylic acids is 1. The van der Waals surface area contributed by atoms with Gasteiger partial charge in [-0.3, -0.25) is 4.79 Å². The number of rotatable bonds is 4. The maximum atomic E-state index is 13.1. The van der Waals surface area contributed by atoms with Crippen molar-refractivity contribution in [1.82, 2.24) is 5.32 Å². The molecular weight excluding hydrogens is 305 g/mol. The van der Waals surface area contributed by atoms with Crippen molar-refractivity contribution in [2.45, 2.75) is 19.4 Å². The van der Waals surface area contributed by atoms with E-state index in [2.05, 4.69) is 26.4 Å². The first-order valence-electron chi connectivity index (χ1n) is 5.22. The van der Waals surface area contributed by atoms with E-state index in [0.29, 0.717) is 10.9 Å². The summed E-state index contributed by atoms with van der Waals surface area (Å²) in [4.78, 5) is 11.8. The molecule has 0 fully saturated rings. The third-order valence-electron chi connectivity index (χ3n) is 2.31. The second kappa shape index (κ2) is 6.34. The zero-order valence-electron chi connectivity index (χ0n) is 9.65. The molecule has 18 heavy (non-hydrogen) atoms. The summed E-state index contributed by atoms with van der Waals surface area (Å²) in [6.07, 6.45) is 0.456. The summed E-state index contributed by atoms with van der Waals surface area (Å²) in [7, 11) is 0. The quantitative estimate of drug-likeness (QED) is 0.343. The number of amides is 1. The Hall–Kier alpha value is -1.63. The molecule has 1 atom stereocenters. The van der Waals surface area contributed by atoms with E-state index in [1.165, 1.54) is 12.1 Å². The molecule has 0 radical (unpaired) electrons. The lowest BCUT2D eigenvalue weighted by Crippen LogP contribution is -2.44. The smallest absolute Gasteiger partial charge is 0.252 e. The first-order valence-corrected chi connectivity index (χ1v) is 6.01. The molecule has 1 rings (SSSR count). The van der Waals surface area contributed by atoms with Gasteiger partial charge in [0.05, 0.1) is 6.04 Å². The SMILES string of the molecule is CCC(NC(=O)c1cc(F)cc(Br)c1)/C(N)=N/O. The van der Waals surface area contributed by atoms with Crippen LogP contribution in [0, 0.1) is 5.82 Å². The number of hydrogen-bond acceptors (Lipinski definition) is 3. The lowest BCUT2D eigenvalue weighted by Gasteiger charge is -2.15. The second-order valence-corrected chi connectivity index (χ2v) is 4.53. The molecule has 4 N–H and O–H groups in total. The fraction of sp³-hybridized carbons (Fsp3) is 0.273. The molecule has 0 bridgehead atoms. The minimum Gasteiger partial charge on any atom is -0.409 e. The molecular formula is C11H13BrFN3O2. The molecule has 0 spiro atoms. The fourth-order valence-corrected chi connectivity index (χ4v) is 1.85. The van der Waals surface area contributed by atoms with Crippen LogP contribution in [0.4, 0.5) is 4.39 Å². The van der Waals surface area contributed by atoms with Gasteiger partial charge in [-0.15, -0.1) is 0 Å². The molecule has 1 amide bonds. The largest absolute Gasteiger partial charge is 0.409 e. The van der Waals surface area contributed by atoms with E-state index in [1.807, 2.05) is 0 Å². The van der Waals surface area contributed by atoms with Crippen LogP contribution in [0.2, 0.25) is 0 Å². The van der Waals surface area contributed by atoms with Gasteiger partial charge in [-0.1, -0.05) is 28.0 Å². The maximum Gasteiger partial charge on any atom is 0.252 e. The maximum absolute atomic E-state index is 13.1. The topological polar surface area (TPSA) is 87.7 Å². The van der Waals surface area contributed by atoms with E-state index in [4.69, 9.17) is 10.9 Å². The number of nitrogens with zero attached hydrogens (tertiary/aromatic N) is 1. The Morgan fingerprint density at radius 2 is 2.28 bits per heavy atom. The fourth-order valence-electron chi connectivity index (χ4n) is 1.38. The number of nitrogens with one attached hydrogen (secondary N) is 1. The summed E-state index contributed by atoms with van der Waals surface area (Å²) in [5.74, 6) is -1.11. The third-order valence-corrected chi connectivity index (χ3v) is 2.77. The van der Waals surface area contributed by atoms with E-state index < -0.39 is 17.8 Å². The molecule has 1 aromatic rings. The number of amidine groups is 1. The van der Waals surface area contributed by atoms with Crippen molar-refractivity contribution < 1.29 is 14.4 Å². The number of halogens is 2. The van der Waals surface area contributed by atoms with Crippen LogP contribution in [0.25, 0.3) is 0 Å². The number of hydrogen-bond donors (Lipinski definition) is 3. The van der Waals surface area contributed by atoms with Gasteiger partial charge >= 0.3 is 0 Å². The lowest BCUT2D eigenvalue weighted by atomic mass is 10.1. The van der Waals surface area contributed by atoms with Crippen molar-refractivity contribution in [3.8, 4) is 0 Å². The number of benzene rings is 1. The Bertz CT molecular complexity index is 459. The van der Waals surface area contributed by atoms with Gasteiger partial charge in [0.2, 0.25) is 0 Å². The second-order valence-electron chi connectivity index (χ2n) is 3.62. The van der Waals surface area contributed by atoms with Crippen molar-refractivity contribution in [2.24, 2.45) is 10.9 Å². The van der Waals surface area contributed by atoms with Crippen molar-refractivity contribution >= 4 is 27.7 Å². The van der Waals surface area contributed by atoms with Crippen LogP contribution >= 0.6 is 15.9 Å². The van der Waals surface area contributed by atoms with E-state index in [-0.39, 0.29) is 11.4 Å². The standard InChI is InChI=1S/C11H13BrFN3O2/c1-2-9(10(14)16-18)15-11(17)6-3-7(12)5-8(13)4-6/h3-5,9,18H,2H2,1H3,(H2,14,16)(H,15,17). The number of carbonyl (C=O) groups is 1. The zero-order chi connectivity index (χ0) is 13.7. The Balaban J connectivity index is 2.87. The monoisotopic (exact) mass is 317 g/mol. The van der Waals surface area contributed by atoms with Crippen LogP contribution in [0.5, 0.6) is 0 Å². The summed E-state index contributed by atoms with van der Waals surface area (Å²) >= 11 is 3.10. The van der Waals surface area contributed by atoms with Crippen LogP contribution < -0.4 is 11.1 Å². The average molecular weight is 318 g/mol. The van der Waals surface area contributed by atoms with Gasteiger partial charge in [0.1, 0.15) is 5.82 Å². The highest BCUT2D eigenvalue weighted by atomic mass is 79.9. The van der Waals surface area contributed by atoms with Gasteiger partial charge in [0.15, 0.2) is 5.84 Å². The highest BCUT2D eigenvalue weighted by Gasteiger charge is 2.16. The lowest BCUT2D eigenvalue weighted by molar-refractivity contribution is 0.0945. The Morgan fingerprint density at radius 3 is 2.78 bits per heavy atom. The first kappa shape index (κ1) is 14.4. The molecule has 98 valence electrons. The van der Waals surface area contributed by atoms with E-state index in [9.17, 15) is 9.18 Å². The minimum absolute atomic E-state index is 0.0960. The van der Waals surface area contributed by atoms with Crippen LogP contribution in [0.15, 0.2) is 27.8 Å². The zero-order valence-corrected chi connectivity index (χ0v) is 11.2. The van der Waals surface area contributed by atoms with Crippen LogP contribution in [0.1, 0.15) is 23.7 Å². The van der Waals surface area contributed by atoms with Crippen LogP contribution in [-0.4, -0.2) is 23.0 Å². The molecule has 0 aliphatic carbocycles. The van der Waals surface area contributed by atoms with Crippen LogP contribution in [-0.2, 0) is 0 Å². The average Bonchev–Trinajstić information content (AvgIpc) is 2.33. The van der Waals surface area contributed by atoms with Gasteiger partial charge in [0, 0.05) is 10.0 Å². The Labute approximate surface area is 112 Å². The molecule has 0 aliphatic heterocycles. The Kier molecular flexibility index (Phi) is 5.08. The molecule has 0 heterocycles. The third kappa shape index (κ3) is 3.69. The van der Waals surface area contributed by atoms with Crippen molar-refractivity contribution in [3.63, 3.8) is 0 Å². The molecule has 1 aromatic carbocycles. The summed E-state index contributed by atoms with van der Waals surface area (Å²) in [5.41, 5.74) is 5.57. The minimum atomic E-state index is -0.593. The van der Waals surface area contributed by atoms with E-state index in [1.54, 1.807) is 6.92 Å². The van der Waals surface area contributed by atoms with Crippen molar-refractivity contribution in [3.05, 3.63) is 34.1 Å². The highest BCUT2D eigenvalue weighted by molar-refractivity contribution is 9.10. The Morgan fingerprint density at radius 1 is 1.61 bits per heavy atom. The molecule has 0 aliphatic rings. The molecule has 7 heteroatoms. The molecule has 5 nitrogen and oxygen atoms in total. The number of oxime groups is 1. The summed E-state index contributed by atoms with van der Waals surface area (Å²) in [6.45, 7) is 1.77. The molecule has 0 aromatic heterocycles. The van der Waals surface area contributed by atoms with Gasteiger partial charge in [-0.2, -0.15) is 0 Å². The van der Waals surface area contributed by atoms with Gasteiger partial charge < -0.3 is 16.3 Å². The molecule has 0 saturated heterocycles. The number of nitrogens with two attached hydrogens (primary N) is 1. The first-order chi connectivity index (χ1) is 8.47. The van der Waals surface area contributed by atoms with E-state index >= 15 is 0 Å². The van der Waals surface area contributed by atoms with E-state index in [0.717, 1.165) is 6.07 Å². The van der Waals surface area contributed by atoms with Crippen molar-refractivity contribution in [2.75, 3.05) is 0 Å². The van der Waals surface area contributed by atoms with Gasteiger partial charge in [-0.25, -0.2) is 4.39 Å². The normalized spacial score (nSPS) is 13.2. The van der Waals surface area contributed by atoms with Crippen molar-refractivity contribution in [1.29, 1.82) is 0 Å². The predicted octanol–water partition coefficient (Wildman–Crippen LogP) is 1.84. The summed E-state index contributed by atoms with van der Waals surface area (Å²) in [6, 6.07) is 3.25. The molecule has 0 saturated carbocycles. The van der Waals surface area contributed by atoms with Crippen LogP contribution in [0.3, 0.4) is 0 Å². The molecule has 1 unspecified atom stereocenters.